The Bertz CT molecular complexity index is 309. The van der Waals surface area contributed by atoms with Crippen LogP contribution in [0.5, 0.6) is 0 Å². The molecule has 82 valence electrons. The number of aromatic nitrogens is 1. The van der Waals surface area contributed by atoms with Crippen LogP contribution < -0.4 is 0 Å². The fourth-order valence-electron chi connectivity index (χ4n) is 1.60. The number of esters is 1. The van der Waals surface area contributed by atoms with Crippen molar-refractivity contribution in [1.29, 1.82) is 0 Å². The maximum Gasteiger partial charge on any atom is 0.306 e. The Labute approximate surface area is 90.5 Å². The van der Waals surface area contributed by atoms with Gasteiger partial charge in [-0.05, 0) is 23.5 Å². The molecule has 1 heterocycles. The molecule has 0 bridgehead atoms. The molecule has 0 aliphatic rings. The van der Waals surface area contributed by atoms with Gasteiger partial charge in [-0.25, -0.2) is 0 Å². The highest BCUT2D eigenvalue weighted by atomic mass is 16.5. The molecule has 0 spiro atoms. The Morgan fingerprint density at radius 1 is 1.53 bits per heavy atom. The van der Waals surface area contributed by atoms with Gasteiger partial charge in [-0.2, -0.15) is 0 Å². The summed E-state index contributed by atoms with van der Waals surface area (Å²) in [5, 5.41) is 0. The lowest BCUT2D eigenvalue weighted by molar-refractivity contribution is -0.141. The zero-order chi connectivity index (χ0) is 11.3. The summed E-state index contributed by atoms with van der Waals surface area (Å²) >= 11 is 0. The number of pyridine rings is 1. The van der Waals surface area contributed by atoms with Crippen molar-refractivity contribution < 1.29 is 9.53 Å². The molecule has 1 aromatic rings. The molecule has 1 unspecified atom stereocenters. The molecule has 0 amide bonds. The van der Waals surface area contributed by atoms with E-state index in [1.165, 1.54) is 7.11 Å². The van der Waals surface area contributed by atoms with E-state index >= 15 is 0 Å². The van der Waals surface area contributed by atoms with Gasteiger partial charge in [0.2, 0.25) is 0 Å². The first-order valence-electron chi connectivity index (χ1n) is 5.12. The lowest BCUT2D eigenvalue weighted by atomic mass is 9.87. The Balaban J connectivity index is 2.79. The fourth-order valence-corrected chi connectivity index (χ4v) is 1.60. The predicted octanol–water partition coefficient (Wildman–Crippen LogP) is 2.38. The van der Waals surface area contributed by atoms with Crippen molar-refractivity contribution in [1.82, 2.24) is 4.98 Å². The standard InChI is InChI=1S/C12H17NO2/c1-9(2)11(7-12(14)15-3)10-5-4-6-13-8-10/h4-6,8-9,11H,7H2,1-3H3. The summed E-state index contributed by atoms with van der Waals surface area (Å²) in [6.07, 6.45) is 3.96. The van der Waals surface area contributed by atoms with Gasteiger partial charge in [-0.3, -0.25) is 9.78 Å². The summed E-state index contributed by atoms with van der Waals surface area (Å²) in [5.74, 6) is 0.414. The van der Waals surface area contributed by atoms with Gasteiger partial charge in [0, 0.05) is 12.4 Å². The van der Waals surface area contributed by atoms with Gasteiger partial charge < -0.3 is 4.74 Å². The van der Waals surface area contributed by atoms with Crippen LogP contribution in [0.1, 0.15) is 31.7 Å². The molecule has 15 heavy (non-hydrogen) atoms. The van der Waals surface area contributed by atoms with Gasteiger partial charge in [-0.1, -0.05) is 19.9 Å². The van der Waals surface area contributed by atoms with Crippen LogP contribution in [0, 0.1) is 5.92 Å². The summed E-state index contributed by atoms with van der Waals surface area (Å²) in [5.41, 5.74) is 1.10. The van der Waals surface area contributed by atoms with Crippen molar-refractivity contribution in [3.8, 4) is 0 Å². The number of nitrogens with zero attached hydrogens (tertiary/aromatic N) is 1. The third-order valence-corrected chi connectivity index (χ3v) is 2.53. The third kappa shape index (κ3) is 3.35. The molecule has 0 radical (unpaired) electrons. The van der Waals surface area contributed by atoms with Crippen molar-refractivity contribution in [2.24, 2.45) is 5.92 Å². The average molecular weight is 207 g/mol. The normalized spacial score (nSPS) is 12.5. The maximum atomic E-state index is 11.3. The first-order valence-corrected chi connectivity index (χ1v) is 5.12. The Morgan fingerprint density at radius 3 is 2.73 bits per heavy atom. The zero-order valence-electron chi connectivity index (χ0n) is 9.43. The molecule has 1 atom stereocenters. The largest absolute Gasteiger partial charge is 0.469 e. The molecular weight excluding hydrogens is 190 g/mol. The van der Waals surface area contributed by atoms with Crippen LogP contribution in [0.4, 0.5) is 0 Å². The van der Waals surface area contributed by atoms with Gasteiger partial charge in [0.15, 0.2) is 0 Å². The van der Waals surface area contributed by atoms with Crippen LogP contribution in [0.3, 0.4) is 0 Å². The molecule has 1 aromatic heterocycles. The van der Waals surface area contributed by atoms with Crippen molar-refractivity contribution in [3.63, 3.8) is 0 Å². The summed E-state index contributed by atoms with van der Waals surface area (Å²) in [4.78, 5) is 15.3. The maximum absolute atomic E-state index is 11.3. The quantitative estimate of drug-likeness (QED) is 0.711. The molecule has 0 aliphatic heterocycles. The number of carbonyl (C=O) groups excluding carboxylic acids is 1. The smallest absolute Gasteiger partial charge is 0.306 e. The van der Waals surface area contributed by atoms with E-state index in [2.05, 4.69) is 18.8 Å². The molecule has 1 rings (SSSR count). The van der Waals surface area contributed by atoms with E-state index in [1.54, 1.807) is 6.20 Å². The number of methoxy groups -OCH3 is 1. The van der Waals surface area contributed by atoms with E-state index in [0.29, 0.717) is 12.3 Å². The van der Waals surface area contributed by atoms with Gasteiger partial charge in [0.1, 0.15) is 0 Å². The molecule has 3 nitrogen and oxygen atoms in total. The molecule has 0 saturated carbocycles. The van der Waals surface area contributed by atoms with E-state index in [4.69, 9.17) is 4.74 Å². The average Bonchev–Trinajstić information content (AvgIpc) is 2.26. The van der Waals surface area contributed by atoms with E-state index < -0.39 is 0 Å². The zero-order valence-corrected chi connectivity index (χ0v) is 9.43. The molecule has 0 aliphatic carbocycles. The lowest BCUT2D eigenvalue weighted by Crippen LogP contribution is -2.13. The minimum absolute atomic E-state index is 0.169. The fraction of sp³-hybridized carbons (Fsp3) is 0.500. The highest BCUT2D eigenvalue weighted by Gasteiger charge is 2.19. The second-order valence-electron chi connectivity index (χ2n) is 3.92. The topological polar surface area (TPSA) is 39.2 Å². The van der Waals surface area contributed by atoms with E-state index in [1.807, 2.05) is 18.3 Å². The second kappa shape index (κ2) is 5.49. The Morgan fingerprint density at radius 2 is 2.27 bits per heavy atom. The van der Waals surface area contributed by atoms with Gasteiger partial charge in [-0.15, -0.1) is 0 Å². The first-order chi connectivity index (χ1) is 7.15. The van der Waals surface area contributed by atoms with E-state index in [9.17, 15) is 4.79 Å². The van der Waals surface area contributed by atoms with E-state index in [-0.39, 0.29) is 11.9 Å². The monoisotopic (exact) mass is 207 g/mol. The third-order valence-electron chi connectivity index (χ3n) is 2.53. The van der Waals surface area contributed by atoms with Crippen LogP contribution in [-0.4, -0.2) is 18.1 Å². The number of carbonyl (C=O) groups is 1. The van der Waals surface area contributed by atoms with Crippen LogP contribution in [0.25, 0.3) is 0 Å². The molecular formula is C12H17NO2. The highest BCUT2D eigenvalue weighted by molar-refractivity contribution is 5.70. The molecule has 0 aromatic carbocycles. The van der Waals surface area contributed by atoms with Crippen LogP contribution in [0.15, 0.2) is 24.5 Å². The van der Waals surface area contributed by atoms with Crippen molar-refractivity contribution in [2.75, 3.05) is 7.11 Å². The Kier molecular flexibility index (Phi) is 4.28. The number of rotatable bonds is 4. The Hall–Kier alpha value is -1.38. The van der Waals surface area contributed by atoms with Crippen LogP contribution in [0.2, 0.25) is 0 Å². The molecule has 0 N–H and O–H groups in total. The number of hydrogen-bond donors (Lipinski definition) is 0. The SMILES string of the molecule is COC(=O)CC(c1cccnc1)C(C)C. The summed E-state index contributed by atoms with van der Waals surface area (Å²) in [7, 11) is 1.42. The van der Waals surface area contributed by atoms with Crippen molar-refractivity contribution in [3.05, 3.63) is 30.1 Å². The minimum atomic E-state index is -0.169. The summed E-state index contributed by atoms with van der Waals surface area (Å²) < 4.78 is 4.69. The second-order valence-corrected chi connectivity index (χ2v) is 3.92. The van der Waals surface area contributed by atoms with Gasteiger partial charge in [0.05, 0.1) is 13.5 Å². The van der Waals surface area contributed by atoms with Crippen molar-refractivity contribution >= 4 is 5.97 Å². The van der Waals surface area contributed by atoms with Crippen LogP contribution in [-0.2, 0) is 9.53 Å². The number of hydrogen-bond acceptors (Lipinski definition) is 3. The van der Waals surface area contributed by atoms with Gasteiger partial charge >= 0.3 is 5.97 Å². The molecule has 3 heteroatoms. The molecule has 0 fully saturated rings. The minimum Gasteiger partial charge on any atom is -0.469 e. The highest BCUT2D eigenvalue weighted by Crippen LogP contribution is 2.27. The number of ether oxygens (including phenoxy) is 1. The lowest BCUT2D eigenvalue weighted by Gasteiger charge is -2.19. The van der Waals surface area contributed by atoms with Crippen LogP contribution >= 0.6 is 0 Å². The first kappa shape index (κ1) is 11.7. The summed E-state index contributed by atoms with van der Waals surface area (Å²) in [6.45, 7) is 4.20. The van der Waals surface area contributed by atoms with Gasteiger partial charge in [0.25, 0.3) is 0 Å². The predicted molar refractivity (Wildman–Crippen MR) is 58.4 cm³/mol. The molecule has 0 saturated heterocycles. The van der Waals surface area contributed by atoms with E-state index in [0.717, 1.165) is 5.56 Å². The summed E-state index contributed by atoms with van der Waals surface area (Å²) in [6, 6.07) is 3.89. The van der Waals surface area contributed by atoms with Crippen molar-refractivity contribution in [2.45, 2.75) is 26.2 Å².